The van der Waals surface area contributed by atoms with Crippen molar-refractivity contribution in [2.45, 2.75) is 25.9 Å². The van der Waals surface area contributed by atoms with Gasteiger partial charge in [0.25, 0.3) is 0 Å². The molecule has 0 atom stereocenters. The average molecular weight is 240 g/mol. The van der Waals surface area contributed by atoms with E-state index in [0.29, 0.717) is 6.42 Å². The Labute approximate surface area is 99.5 Å². The van der Waals surface area contributed by atoms with Crippen molar-refractivity contribution in [3.63, 3.8) is 0 Å². The van der Waals surface area contributed by atoms with Crippen LogP contribution in [-0.2, 0) is 0 Å². The molecule has 92 valence electrons. The van der Waals surface area contributed by atoms with Gasteiger partial charge >= 0.3 is 6.18 Å². The largest absolute Gasteiger partial charge is 0.412 e. The van der Waals surface area contributed by atoms with Crippen molar-refractivity contribution < 1.29 is 13.2 Å². The lowest BCUT2D eigenvalue weighted by molar-refractivity contribution is -0.0941. The van der Waals surface area contributed by atoms with Crippen LogP contribution in [0.4, 0.5) is 13.2 Å². The lowest BCUT2D eigenvalue weighted by Gasteiger charge is -2.17. The van der Waals surface area contributed by atoms with Gasteiger partial charge in [0.05, 0.1) is 0 Å². The van der Waals surface area contributed by atoms with Crippen LogP contribution < -0.4 is 0 Å². The molecule has 0 aliphatic heterocycles. The Balaban J connectivity index is 2.78. The van der Waals surface area contributed by atoms with Gasteiger partial charge in [0.1, 0.15) is 0 Å². The van der Waals surface area contributed by atoms with Gasteiger partial charge in [-0.3, -0.25) is 0 Å². The highest BCUT2D eigenvalue weighted by Gasteiger charge is 2.33. The molecule has 0 nitrogen and oxygen atoms in total. The van der Waals surface area contributed by atoms with Gasteiger partial charge in [-0.05, 0) is 30.9 Å². The molecule has 0 saturated carbocycles. The van der Waals surface area contributed by atoms with Crippen LogP contribution in [0.1, 0.15) is 19.8 Å². The van der Waals surface area contributed by atoms with E-state index in [0.717, 1.165) is 22.8 Å². The average Bonchev–Trinajstić information content (AvgIpc) is 2.25. The SMILES string of the molecule is C=C(C)/C=C\C(=C)C1=CC=C(C(F)(F)F)CC1. The molecule has 17 heavy (non-hydrogen) atoms. The number of rotatable bonds is 3. The van der Waals surface area contributed by atoms with Crippen LogP contribution in [-0.4, -0.2) is 6.18 Å². The lowest BCUT2D eigenvalue weighted by Crippen LogP contribution is -2.13. The van der Waals surface area contributed by atoms with Gasteiger partial charge in [-0.2, -0.15) is 13.2 Å². The molecule has 1 aliphatic carbocycles. The number of allylic oxidation sites excluding steroid dienone is 8. The molecule has 0 fully saturated rings. The Kier molecular flexibility index (Phi) is 4.16. The fourth-order valence-electron chi connectivity index (χ4n) is 1.49. The normalized spacial score (nSPS) is 16.7. The van der Waals surface area contributed by atoms with Gasteiger partial charge in [-0.15, -0.1) is 0 Å². The number of hydrogen-bond acceptors (Lipinski definition) is 0. The molecule has 0 N–H and O–H groups in total. The minimum absolute atomic E-state index is 0.0231. The van der Waals surface area contributed by atoms with Gasteiger partial charge in [0.15, 0.2) is 0 Å². The fourth-order valence-corrected chi connectivity index (χ4v) is 1.49. The Bertz CT molecular complexity index is 417. The van der Waals surface area contributed by atoms with Crippen molar-refractivity contribution in [2.24, 2.45) is 0 Å². The van der Waals surface area contributed by atoms with Crippen molar-refractivity contribution in [1.29, 1.82) is 0 Å². The number of alkyl halides is 3. The summed E-state index contributed by atoms with van der Waals surface area (Å²) in [6.07, 6.45) is 2.40. The second kappa shape index (κ2) is 5.21. The number of halogens is 3. The van der Waals surface area contributed by atoms with E-state index in [-0.39, 0.29) is 6.42 Å². The molecular formula is C14H15F3. The molecular weight excluding hydrogens is 225 g/mol. The highest BCUT2D eigenvalue weighted by atomic mass is 19.4. The minimum atomic E-state index is -4.21. The van der Waals surface area contributed by atoms with Gasteiger partial charge in [0, 0.05) is 5.57 Å². The summed E-state index contributed by atoms with van der Waals surface area (Å²) in [4.78, 5) is 0. The molecule has 0 amide bonds. The van der Waals surface area contributed by atoms with E-state index in [2.05, 4.69) is 13.2 Å². The molecule has 0 unspecified atom stereocenters. The lowest BCUT2D eigenvalue weighted by atomic mass is 9.93. The molecule has 3 heteroatoms. The molecule has 0 radical (unpaired) electrons. The second-order valence-corrected chi connectivity index (χ2v) is 4.09. The van der Waals surface area contributed by atoms with Crippen LogP contribution in [0.25, 0.3) is 0 Å². The first-order valence-corrected chi connectivity index (χ1v) is 5.30. The van der Waals surface area contributed by atoms with Crippen LogP contribution in [0, 0.1) is 0 Å². The monoisotopic (exact) mass is 240 g/mol. The summed E-state index contributed by atoms with van der Waals surface area (Å²) in [7, 11) is 0. The molecule has 1 rings (SSSR count). The zero-order valence-electron chi connectivity index (χ0n) is 9.77. The van der Waals surface area contributed by atoms with E-state index in [9.17, 15) is 13.2 Å². The maximum Gasteiger partial charge on any atom is 0.412 e. The van der Waals surface area contributed by atoms with E-state index in [1.165, 1.54) is 6.08 Å². The standard InChI is InChI=1S/C14H15F3/c1-10(2)4-5-11(3)12-6-8-13(9-7-12)14(15,16)17/h4-6,8H,1,3,7,9H2,2H3/b5-4-. The summed E-state index contributed by atoms with van der Waals surface area (Å²) in [5.41, 5.74) is 1.99. The van der Waals surface area contributed by atoms with E-state index in [1.807, 2.05) is 6.92 Å². The Hall–Kier alpha value is -1.51. The Morgan fingerprint density at radius 2 is 1.82 bits per heavy atom. The topological polar surface area (TPSA) is 0 Å². The second-order valence-electron chi connectivity index (χ2n) is 4.09. The molecule has 0 aromatic heterocycles. The van der Waals surface area contributed by atoms with Gasteiger partial charge in [0.2, 0.25) is 0 Å². The van der Waals surface area contributed by atoms with Crippen LogP contribution in [0.3, 0.4) is 0 Å². The minimum Gasteiger partial charge on any atom is -0.166 e. The highest BCUT2D eigenvalue weighted by Crippen LogP contribution is 2.34. The Morgan fingerprint density at radius 3 is 2.24 bits per heavy atom. The highest BCUT2D eigenvalue weighted by molar-refractivity contribution is 5.44. The van der Waals surface area contributed by atoms with Crippen molar-refractivity contribution in [3.8, 4) is 0 Å². The smallest absolute Gasteiger partial charge is 0.166 e. The molecule has 1 aliphatic rings. The molecule has 0 saturated heterocycles. The number of hydrogen-bond donors (Lipinski definition) is 0. The first-order chi connectivity index (χ1) is 7.80. The van der Waals surface area contributed by atoms with Crippen LogP contribution in [0.15, 0.2) is 59.8 Å². The summed E-state index contributed by atoms with van der Waals surface area (Å²) in [5.74, 6) is 0. The van der Waals surface area contributed by atoms with Gasteiger partial charge in [-0.25, -0.2) is 0 Å². The third-order valence-electron chi connectivity index (χ3n) is 2.49. The van der Waals surface area contributed by atoms with Crippen molar-refractivity contribution in [3.05, 3.63) is 59.8 Å². The van der Waals surface area contributed by atoms with E-state index in [4.69, 9.17) is 0 Å². The Morgan fingerprint density at radius 1 is 1.18 bits per heavy atom. The molecule has 0 aromatic rings. The molecule has 0 aromatic carbocycles. The third kappa shape index (κ3) is 4.10. The quantitative estimate of drug-likeness (QED) is 0.616. The summed E-state index contributed by atoms with van der Waals surface area (Å²) >= 11 is 0. The summed E-state index contributed by atoms with van der Waals surface area (Å²) < 4.78 is 37.1. The van der Waals surface area contributed by atoms with Gasteiger partial charge in [-0.1, -0.05) is 43.0 Å². The maximum absolute atomic E-state index is 12.4. The van der Waals surface area contributed by atoms with Crippen molar-refractivity contribution in [1.82, 2.24) is 0 Å². The molecule has 0 heterocycles. The summed E-state index contributed by atoms with van der Waals surface area (Å²) in [6, 6.07) is 0. The van der Waals surface area contributed by atoms with Crippen molar-refractivity contribution in [2.75, 3.05) is 0 Å². The predicted molar refractivity (Wildman–Crippen MR) is 64.5 cm³/mol. The van der Waals surface area contributed by atoms with Crippen LogP contribution >= 0.6 is 0 Å². The van der Waals surface area contributed by atoms with Crippen LogP contribution in [0.5, 0.6) is 0 Å². The first-order valence-electron chi connectivity index (χ1n) is 5.30. The van der Waals surface area contributed by atoms with E-state index >= 15 is 0 Å². The predicted octanol–water partition coefficient (Wildman–Crippen LogP) is 4.88. The molecule has 0 bridgehead atoms. The summed E-state index contributed by atoms with van der Waals surface area (Å²) in [5, 5.41) is 0. The molecule has 0 spiro atoms. The van der Waals surface area contributed by atoms with E-state index in [1.54, 1.807) is 12.2 Å². The van der Waals surface area contributed by atoms with Crippen molar-refractivity contribution >= 4 is 0 Å². The maximum atomic E-state index is 12.4. The third-order valence-corrected chi connectivity index (χ3v) is 2.49. The summed E-state index contributed by atoms with van der Waals surface area (Å²) in [6.45, 7) is 9.39. The van der Waals surface area contributed by atoms with Gasteiger partial charge < -0.3 is 0 Å². The zero-order chi connectivity index (χ0) is 13.1. The van der Waals surface area contributed by atoms with Crippen LogP contribution in [0.2, 0.25) is 0 Å². The zero-order valence-corrected chi connectivity index (χ0v) is 9.77. The fraction of sp³-hybridized carbons (Fsp3) is 0.286. The first kappa shape index (κ1) is 13.6. The van der Waals surface area contributed by atoms with E-state index < -0.39 is 11.7 Å².